The molecule has 0 aliphatic carbocycles. The number of aromatic nitrogens is 5. The molecule has 0 spiro atoms. The highest BCUT2D eigenvalue weighted by Crippen LogP contribution is 2.27. The van der Waals surface area contributed by atoms with Crippen molar-refractivity contribution in [3.63, 3.8) is 0 Å². The van der Waals surface area contributed by atoms with Crippen LogP contribution in [0.25, 0.3) is 0 Å². The molecule has 1 atom stereocenters. The van der Waals surface area contributed by atoms with E-state index in [0.29, 0.717) is 11.7 Å². The van der Waals surface area contributed by atoms with Gasteiger partial charge in [0.05, 0.1) is 18.1 Å². The third-order valence-corrected chi connectivity index (χ3v) is 4.49. The number of nitrogens with one attached hydrogen (secondary N) is 1. The lowest BCUT2D eigenvalue weighted by atomic mass is 9.95. The van der Waals surface area contributed by atoms with E-state index in [2.05, 4.69) is 35.1 Å². The Bertz CT molecular complexity index is 851. The van der Waals surface area contributed by atoms with Crippen LogP contribution in [0.3, 0.4) is 0 Å². The molecule has 0 radical (unpaired) electrons. The number of pyridine rings is 1. The molecule has 0 bridgehead atoms. The number of hydrogen-bond acceptors (Lipinski definition) is 7. The Morgan fingerprint density at radius 2 is 1.88 bits per heavy atom. The molecule has 1 aliphatic heterocycles. The Morgan fingerprint density at radius 1 is 1.00 bits per heavy atom. The summed E-state index contributed by atoms with van der Waals surface area (Å²) in [6.45, 7) is 3.81. The highest BCUT2D eigenvalue weighted by molar-refractivity contribution is 5.50. The maximum Gasteiger partial charge on any atom is 0.225 e. The van der Waals surface area contributed by atoms with Crippen LogP contribution < -0.4 is 10.2 Å². The molecule has 7 heteroatoms. The Balaban J connectivity index is 1.44. The van der Waals surface area contributed by atoms with Gasteiger partial charge in [-0.1, -0.05) is 6.07 Å². The molecule has 3 aromatic rings. The molecule has 1 saturated heterocycles. The van der Waals surface area contributed by atoms with Gasteiger partial charge in [-0.05, 0) is 38.0 Å². The van der Waals surface area contributed by atoms with Gasteiger partial charge >= 0.3 is 0 Å². The third kappa shape index (κ3) is 3.77. The number of rotatable bonds is 4. The van der Waals surface area contributed by atoms with Crippen LogP contribution in [-0.2, 0) is 0 Å². The van der Waals surface area contributed by atoms with Crippen LogP contribution >= 0.6 is 0 Å². The molecule has 1 N–H and O–H groups in total. The van der Waals surface area contributed by atoms with Crippen molar-refractivity contribution in [1.29, 1.82) is 0 Å². The molecule has 0 aromatic carbocycles. The number of nitrogens with zero attached hydrogens (tertiary/aromatic N) is 6. The molecule has 1 fully saturated rings. The summed E-state index contributed by atoms with van der Waals surface area (Å²) in [5, 5.41) is 3.19. The van der Waals surface area contributed by atoms with E-state index < -0.39 is 0 Å². The normalized spacial score (nSPS) is 17.1. The quantitative estimate of drug-likeness (QED) is 0.777. The highest BCUT2D eigenvalue weighted by atomic mass is 15.3. The fourth-order valence-corrected chi connectivity index (χ4v) is 3.21. The molecule has 0 saturated carbocycles. The van der Waals surface area contributed by atoms with Crippen LogP contribution in [0.15, 0.2) is 49.1 Å². The Kier molecular flexibility index (Phi) is 4.68. The van der Waals surface area contributed by atoms with Crippen LogP contribution in [0.1, 0.15) is 30.1 Å². The maximum atomic E-state index is 4.63. The molecular weight excluding hydrogens is 326 g/mol. The summed E-state index contributed by atoms with van der Waals surface area (Å²) in [6, 6.07) is 7.69. The summed E-state index contributed by atoms with van der Waals surface area (Å²) >= 11 is 0. The van der Waals surface area contributed by atoms with E-state index in [-0.39, 0.29) is 0 Å². The summed E-state index contributed by atoms with van der Waals surface area (Å²) in [4.78, 5) is 24.5. The zero-order valence-corrected chi connectivity index (χ0v) is 14.7. The standard InChI is InChI=1S/C19H21N7/c1-14-5-2-7-17(24-14)25-18-12-22-16(11-23-18)15-6-3-10-26(13-15)19-20-8-4-9-21-19/h2,4-5,7-9,11-12,15H,3,6,10,13H2,1H3,(H,23,24,25)/t15-/m0/s1. The van der Waals surface area contributed by atoms with Crippen molar-refractivity contribution in [2.24, 2.45) is 0 Å². The van der Waals surface area contributed by atoms with Crippen molar-refractivity contribution >= 4 is 17.6 Å². The van der Waals surface area contributed by atoms with Gasteiger partial charge in [0.15, 0.2) is 0 Å². The van der Waals surface area contributed by atoms with Gasteiger partial charge in [0.2, 0.25) is 5.95 Å². The third-order valence-electron chi connectivity index (χ3n) is 4.49. The average molecular weight is 347 g/mol. The predicted molar refractivity (Wildman–Crippen MR) is 101 cm³/mol. The van der Waals surface area contributed by atoms with E-state index in [1.54, 1.807) is 18.6 Å². The molecule has 4 heterocycles. The second-order valence-electron chi connectivity index (χ2n) is 6.45. The monoisotopic (exact) mass is 347 g/mol. The molecule has 0 unspecified atom stereocenters. The minimum atomic E-state index is 0.339. The summed E-state index contributed by atoms with van der Waals surface area (Å²) < 4.78 is 0. The molecule has 132 valence electrons. The Labute approximate surface area is 152 Å². The number of aryl methyl sites for hydroxylation is 1. The molecule has 3 aromatic heterocycles. The molecular formula is C19H21N7. The largest absolute Gasteiger partial charge is 0.340 e. The fourth-order valence-electron chi connectivity index (χ4n) is 3.21. The van der Waals surface area contributed by atoms with Gasteiger partial charge in [-0.15, -0.1) is 0 Å². The van der Waals surface area contributed by atoms with Crippen molar-refractivity contribution in [3.05, 3.63) is 60.4 Å². The summed E-state index contributed by atoms with van der Waals surface area (Å²) in [5.74, 6) is 2.60. The molecule has 7 nitrogen and oxygen atoms in total. The van der Waals surface area contributed by atoms with Gasteiger partial charge in [0.25, 0.3) is 0 Å². The van der Waals surface area contributed by atoms with Gasteiger partial charge in [-0.3, -0.25) is 4.98 Å². The Morgan fingerprint density at radius 3 is 2.65 bits per heavy atom. The average Bonchev–Trinajstić information content (AvgIpc) is 2.69. The molecule has 1 aliphatic rings. The first-order chi connectivity index (χ1) is 12.8. The van der Waals surface area contributed by atoms with Crippen molar-refractivity contribution in [3.8, 4) is 0 Å². The van der Waals surface area contributed by atoms with Crippen LogP contribution in [-0.4, -0.2) is 38.0 Å². The number of hydrogen-bond donors (Lipinski definition) is 1. The predicted octanol–water partition coefficient (Wildman–Crippen LogP) is 3.10. The minimum absolute atomic E-state index is 0.339. The topological polar surface area (TPSA) is 79.7 Å². The Hall–Kier alpha value is -3.09. The van der Waals surface area contributed by atoms with E-state index in [1.165, 1.54) is 0 Å². The van der Waals surface area contributed by atoms with E-state index in [1.807, 2.05) is 37.4 Å². The smallest absolute Gasteiger partial charge is 0.225 e. The van der Waals surface area contributed by atoms with Gasteiger partial charge in [0.1, 0.15) is 11.6 Å². The first-order valence-corrected chi connectivity index (χ1v) is 8.82. The lowest BCUT2D eigenvalue weighted by Gasteiger charge is -2.32. The van der Waals surface area contributed by atoms with Crippen LogP contribution in [0, 0.1) is 6.92 Å². The van der Waals surface area contributed by atoms with Gasteiger partial charge in [0, 0.05) is 37.1 Å². The summed E-state index contributed by atoms with van der Waals surface area (Å²) in [6.07, 6.45) is 9.40. The lowest BCUT2D eigenvalue weighted by molar-refractivity contribution is 0.494. The van der Waals surface area contributed by atoms with Crippen LogP contribution in [0.4, 0.5) is 17.6 Å². The number of piperidine rings is 1. The van der Waals surface area contributed by atoms with Crippen LogP contribution in [0.2, 0.25) is 0 Å². The van der Waals surface area contributed by atoms with Crippen LogP contribution in [0.5, 0.6) is 0 Å². The van der Waals surface area contributed by atoms with E-state index in [4.69, 9.17) is 0 Å². The second kappa shape index (κ2) is 7.43. The summed E-state index contributed by atoms with van der Waals surface area (Å²) in [7, 11) is 0. The van der Waals surface area contributed by atoms with Gasteiger partial charge in [-0.2, -0.15) is 0 Å². The zero-order chi connectivity index (χ0) is 17.8. The van der Waals surface area contributed by atoms with E-state index in [9.17, 15) is 0 Å². The SMILES string of the molecule is Cc1cccc(Nc2cnc([C@H]3CCCN(c4ncccn4)C3)cn2)n1. The number of anilines is 3. The second-order valence-corrected chi connectivity index (χ2v) is 6.45. The summed E-state index contributed by atoms with van der Waals surface area (Å²) in [5.41, 5.74) is 1.97. The molecule has 0 amide bonds. The van der Waals surface area contributed by atoms with Crippen molar-refractivity contribution in [2.75, 3.05) is 23.3 Å². The van der Waals surface area contributed by atoms with Gasteiger partial charge < -0.3 is 10.2 Å². The van der Waals surface area contributed by atoms with Crippen molar-refractivity contribution < 1.29 is 0 Å². The highest BCUT2D eigenvalue weighted by Gasteiger charge is 2.24. The fraction of sp³-hybridized carbons (Fsp3) is 0.316. The van der Waals surface area contributed by atoms with E-state index in [0.717, 1.165) is 49.1 Å². The first-order valence-electron chi connectivity index (χ1n) is 8.82. The molecule has 26 heavy (non-hydrogen) atoms. The first kappa shape index (κ1) is 16.4. The van der Waals surface area contributed by atoms with Gasteiger partial charge in [-0.25, -0.2) is 19.9 Å². The van der Waals surface area contributed by atoms with Crippen molar-refractivity contribution in [1.82, 2.24) is 24.9 Å². The van der Waals surface area contributed by atoms with Crippen molar-refractivity contribution in [2.45, 2.75) is 25.7 Å². The maximum absolute atomic E-state index is 4.63. The zero-order valence-electron chi connectivity index (χ0n) is 14.7. The minimum Gasteiger partial charge on any atom is -0.340 e. The lowest BCUT2D eigenvalue weighted by Crippen LogP contribution is -2.35. The van der Waals surface area contributed by atoms with E-state index >= 15 is 0 Å². The molecule has 4 rings (SSSR count).